The highest BCUT2D eigenvalue weighted by Crippen LogP contribution is 2.66. The quantitative estimate of drug-likeness (QED) is 0.586. The third kappa shape index (κ3) is 5.46. The van der Waals surface area contributed by atoms with E-state index >= 15 is 0 Å². The van der Waals surface area contributed by atoms with Gasteiger partial charge >= 0.3 is 0 Å². The largest absolute Gasteiger partial charge is 0.156 e. The second-order valence-electron chi connectivity index (χ2n) is 8.19. The molecule has 0 aromatic heterocycles. The maximum absolute atomic E-state index is 2.53. The first kappa shape index (κ1) is 16.9. The van der Waals surface area contributed by atoms with Crippen molar-refractivity contribution in [3.05, 3.63) is 0 Å². The van der Waals surface area contributed by atoms with Gasteiger partial charge in [-0.2, -0.15) is 0 Å². The molecule has 1 atom stereocenters. The van der Waals surface area contributed by atoms with Gasteiger partial charge in [0.15, 0.2) is 5.90 Å². The van der Waals surface area contributed by atoms with E-state index in [1.54, 1.807) is 0 Å². The average molecular weight is 264 g/mol. The first-order valence-electron chi connectivity index (χ1n) is 6.46. The fourth-order valence-corrected chi connectivity index (χ4v) is 12.9. The summed E-state index contributed by atoms with van der Waals surface area (Å²) in [5.74, 6) is 1.53. The van der Waals surface area contributed by atoms with Gasteiger partial charge in [-0.1, -0.05) is 0 Å². The van der Waals surface area contributed by atoms with Crippen LogP contribution in [0.4, 0.5) is 0 Å². The molecular formula is C14H34P2+2. The van der Waals surface area contributed by atoms with E-state index in [0.29, 0.717) is 15.5 Å². The Labute approximate surface area is 106 Å². The molecule has 0 saturated heterocycles. The van der Waals surface area contributed by atoms with E-state index in [9.17, 15) is 0 Å². The maximum Gasteiger partial charge on any atom is 0.156 e. The lowest BCUT2D eigenvalue weighted by Gasteiger charge is -2.35. The van der Waals surface area contributed by atoms with E-state index in [-0.39, 0.29) is 15.8 Å². The normalized spacial score (nSPS) is 16.7. The van der Waals surface area contributed by atoms with Crippen molar-refractivity contribution in [2.24, 2.45) is 0 Å². The summed E-state index contributed by atoms with van der Waals surface area (Å²) in [6.45, 7) is 24.5. The molecule has 0 aliphatic rings. The molecule has 0 aromatic rings. The van der Waals surface area contributed by atoms with Crippen LogP contribution < -0.4 is 0 Å². The summed E-state index contributed by atoms with van der Waals surface area (Å²) in [4.78, 5) is 0. The van der Waals surface area contributed by atoms with Gasteiger partial charge in [0.1, 0.15) is 0 Å². The van der Waals surface area contributed by atoms with Crippen LogP contribution in [0.1, 0.15) is 62.3 Å². The van der Waals surface area contributed by atoms with Gasteiger partial charge in [-0.05, 0) is 62.3 Å². The Kier molecular flexibility index (Phi) is 5.52. The molecule has 0 aliphatic carbocycles. The van der Waals surface area contributed by atoms with Crippen molar-refractivity contribution in [3.8, 4) is 0 Å². The maximum atomic E-state index is 2.53. The Bertz CT molecular complexity index is 198. The van der Waals surface area contributed by atoms with Gasteiger partial charge in [0.2, 0.25) is 0 Å². The van der Waals surface area contributed by atoms with Crippen LogP contribution in [0.15, 0.2) is 0 Å². The third-order valence-electron chi connectivity index (χ3n) is 3.53. The topological polar surface area (TPSA) is 0 Å². The summed E-state index contributed by atoms with van der Waals surface area (Å²) in [7, 11) is -0.535. The highest BCUT2D eigenvalue weighted by atomic mass is 31.2. The molecule has 1 unspecified atom stereocenters. The zero-order valence-electron chi connectivity index (χ0n) is 13.2. The van der Waals surface area contributed by atoms with Crippen LogP contribution >= 0.6 is 15.8 Å². The lowest BCUT2D eigenvalue weighted by molar-refractivity contribution is 0.708. The molecule has 0 amide bonds. The van der Waals surface area contributed by atoms with Gasteiger partial charge in [0, 0.05) is 15.8 Å². The van der Waals surface area contributed by atoms with Crippen LogP contribution in [0.5, 0.6) is 0 Å². The molecule has 0 heterocycles. The smallest absolute Gasteiger partial charge is 0.0260 e. The highest BCUT2D eigenvalue weighted by Gasteiger charge is 2.46. The Hall–Kier alpha value is 0.860. The summed E-state index contributed by atoms with van der Waals surface area (Å²) in [5, 5.41) is 1.61. The first-order valence-corrected chi connectivity index (χ1v) is 10.4. The SMILES string of the molecule is C[PH+](C[PH+](C(C)(C)C)C(C)(C)C)C(C)(C)C. The Morgan fingerprint density at radius 3 is 1.12 bits per heavy atom. The molecule has 0 fully saturated rings. The van der Waals surface area contributed by atoms with Crippen LogP contribution in [0.25, 0.3) is 0 Å². The first-order chi connectivity index (χ1) is 6.76. The average Bonchev–Trinajstić information content (AvgIpc) is 1.92. The van der Waals surface area contributed by atoms with Gasteiger partial charge in [0.05, 0.1) is 22.1 Å². The predicted octanol–water partition coefficient (Wildman–Crippen LogP) is 5.40. The van der Waals surface area contributed by atoms with Gasteiger partial charge in [0.25, 0.3) is 0 Å². The standard InChI is InChI=1S/C14H32P2/c1-12(2,3)15(10)11-16(13(4,5)6)14(7,8)9/h11H2,1-10H3/p+2. The molecule has 0 aliphatic heterocycles. The minimum absolute atomic E-state index is 0.223. The number of rotatable bonds is 2. The zero-order valence-corrected chi connectivity index (χ0v) is 15.2. The predicted molar refractivity (Wildman–Crippen MR) is 86.7 cm³/mol. The molecular weight excluding hydrogens is 230 g/mol. The zero-order chi connectivity index (χ0) is 13.4. The number of hydrogen-bond donors (Lipinski definition) is 0. The number of hydrogen-bond acceptors (Lipinski definition) is 0. The van der Waals surface area contributed by atoms with E-state index in [1.165, 1.54) is 5.90 Å². The minimum atomic E-state index is -0.312. The van der Waals surface area contributed by atoms with Crippen molar-refractivity contribution < 1.29 is 0 Å². The Morgan fingerprint density at radius 2 is 0.938 bits per heavy atom. The molecule has 16 heavy (non-hydrogen) atoms. The van der Waals surface area contributed by atoms with Crippen molar-refractivity contribution >= 4 is 15.8 Å². The fourth-order valence-electron chi connectivity index (χ4n) is 2.19. The van der Waals surface area contributed by atoms with Crippen LogP contribution in [0.3, 0.4) is 0 Å². The van der Waals surface area contributed by atoms with Crippen molar-refractivity contribution in [2.45, 2.75) is 77.8 Å². The Balaban J connectivity index is 4.85. The molecule has 0 aromatic carbocycles. The van der Waals surface area contributed by atoms with E-state index in [2.05, 4.69) is 69.0 Å². The molecule has 0 N–H and O–H groups in total. The molecule has 0 nitrogen and oxygen atoms in total. The lowest BCUT2D eigenvalue weighted by Crippen LogP contribution is -2.27. The molecule has 0 spiro atoms. The molecule has 0 rings (SSSR count). The van der Waals surface area contributed by atoms with E-state index in [4.69, 9.17) is 0 Å². The third-order valence-corrected chi connectivity index (χ3v) is 13.3. The molecule has 98 valence electrons. The summed E-state index contributed by atoms with van der Waals surface area (Å²) in [5.41, 5.74) is 0. The molecule has 0 saturated carbocycles. The van der Waals surface area contributed by atoms with E-state index in [1.807, 2.05) is 0 Å². The summed E-state index contributed by atoms with van der Waals surface area (Å²) in [6.07, 6.45) is 0. The Morgan fingerprint density at radius 1 is 0.625 bits per heavy atom. The van der Waals surface area contributed by atoms with Crippen LogP contribution in [-0.4, -0.2) is 28.0 Å². The van der Waals surface area contributed by atoms with Crippen molar-refractivity contribution in [1.82, 2.24) is 0 Å². The molecule has 0 bridgehead atoms. The van der Waals surface area contributed by atoms with Gasteiger partial charge in [-0.3, -0.25) is 0 Å². The van der Waals surface area contributed by atoms with E-state index in [0.717, 1.165) is 0 Å². The van der Waals surface area contributed by atoms with Crippen molar-refractivity contribution in [3.63, 3.8) is 0 Å². The second kappa shape index (κ2) is 5.24. The van der Waals surface area contributed by atoms with Gasteiger partial charge in [-0.15, -0.1) is 0 Å². The van der Waals surface area contributed by atoms with Crippen LogP contribution in [-0.2, 0) is 0 Å². The minimum Gasteiger partial charge on any atom is -0.0260 e. The van der Waals surface area contributed by atoms with Crippen molar-refractivity contribution in [2.75, 3.05) is 12.6 Å². The van der Waals surface area contributed by atoms with Gasteiger partial charge < -0.3 is 0 Å². The fraction of sp³-hybridized carbons (Fsp3) is 1.00. The van der Waals surface area contributed by atoms with Crippen molar-refractivity contribution in [1.29, 1.82) is 0 Å². The monoisotopic (exact) mass is 264 g/mol. The van der Waals surface area contributed by atoms with Crippen LogP contribution in [0, 0.1) is 0 Å². The van der Waals surface area contributed by atoms with E-state index < -0.39 is 0 Å². The summed E-state index contributed by atoms with van der Waals surface area (Å²) >= 11 is 0. The van der Waals surface area contributed by atoms with Crippen LogP contribution in [0.2, 0.25) is 0 Å². The van der Waals surface area contributed by atoms with Gasteiger partial charge in [-0.25, -0.2) is 0 Å². The molecule has 2 heteroatoms. The second-order valence-corrected chi connectivity index (χ2v) is 16.6. The lowest BCUT2D eigenvalue weighted by atomic mass is 10.2. The summed E-state index contributed by atoms with van der Waals surface area (Å²) in [6, 6.07) is 0. The highest BCUT2D eigenvalue weighted by molar-refractivity contribution is 7.76. The molecule has 0 radical (unpaired) electrons. The summed E-state index contributed by atoms with van der Waals surface area (Å²) < 4.78 is 0.